The number of hydrogen-bond acceptors (Lipinski definition) is 5. The molecule has 1 rings (SSSR count). The molecule has 0 aliphatic heterocycles. The molecule has 0 saturated heterocycles. The summed E-state index contributed by atoms with van der Waals surface area (Å²) in [5.41, 5.74) is 0.452. The maximum Gasteiger partial charge on any atom is 0.414 e. The van der Waals surface area contributed by atoms with Crippen molar-refractivity contribution in [1.82, 2.24) is 5.32 Å². The van der Waals surface area contributed by atoms with Crippen LogP contribution in [0.2, 0.25) is 0 Å². The molecule has 92 valence electrons. The minimum absolute atomic E-state index is 0.0897. The largest absolute Gasteiger partial charge is 0.508 e. The Morgan fingerprint density at radius 3 is 2.35 bits per heavy atom. The van der Waals surface area contributed by atoms with Gasteiger partial charge in [0.2, 0.25) is 6.79 Å². The number of phenols is 1. The fourth-order valence-corrected chi connectivity index (χ4v) is 0.907. The van der Waals surface area contributed by atoms with E-state index in [9.17, 15) is 9.59 Å². The summed E-state index contributed by atoms with van der Waals surface area (Å²) in [4.78, 5) is 21.8. The van der Waals surface area contributed by atoms with E-state index in [1.54, 1.807) is 0 Å². The van der Waals surface area contributed by atoms with Gasteiger partial charge in [0.1, 0.15) is 5.75 Å². The number of anilines is 1. The summed E-state index contributed by atoms with van der Waals surface area (Å²) in [5, 5.41) is 13.6. The summed E-state index contributed by atoms with van der Waals surface area (Å²) in [5.74, 6) is 0.0897. The number of carbonyl (C=O) groups is 2. The highest BCUT2D eigenvalue weighted by atomic mass is 16.7. The van der Waals surface area contributed by atoms with Crippen molar-refractivity contribution in [2.45, 2.75) is 0 Å². The van der Waals surface area contributed by atoms with E-state index in [2.05, 4.69) is 20.1 Å². The second-order valence-electron chi connectivity index (χ2n) is 2.90. The average Bonchev–Trinajstić information content (AvgIpc) is 2.32. The van der Waals surface area contributed by atoms with Crippen LogP contribution in [0, 0.1) is 0 Å². The van der Waals surface area contributed by atoms with Crippen LogP contribution >= 0.6 is 0 Å². The fraction of sp³-hybridized carbons (Fsp3) is 0.200. The number of hydrogen-bond donors (Lipinski definition) is 3. The Kier molecular flexibility index (Phi) is 4.61. The number of amides is 2. The molecule has 7 nitrogen and oxygen atoms in total. The molecular formula is C10H12N2O5. The van der Waals surface area contributed by atoms with E-state index >= 15 is 0 Å². The molecule has 1 aromatic rings. The maximum absolute atomic E-state index is 11.2. The van der Waals surface area contributed by atoms with Crippen LogP contribution in [0.15, 0.2) is 24.3 Å². The molecule has 1 aromatic carbocycles. The zero-order valence-electron chi connectivity index (χ0n) is 9.10. The first-order valence-electron chi connectivity index (χ1n) is 4.69. The van der Waals surface area contributed by atoms with Gasteiger partial charge in [-0.05, 0) is 24.3 Å². The molecule has 17 heavy (non-hydrogen) atoms. The Hall–Kier alpha value is -2.44. The van der Waals surface area contributed by atoms with E-state index in [0.29, 0.717) is 5.69 Å². The zero-order valence-corrected chi connectivity index (χ0v) is 9.10. The highest BCUT2D eigenvalue weighted by Crippen LogP contribution is 2.13. The number of alkyl carbamates (subject to hydrolysis) is 1. The van der Waals surface area contributed by atoms with Gasteiger partial charge < -0.3 is 19.9 Å². The first kappa shape index (κ1) is 12.6. The van der Waals surface area contributed by atoms with Crippen LogP contribution < -0.4 is 10.6 Å². The first-order valence-corrected chi connectivity index (χ1v) is 4.69. The predicted octanol–water partition coefficient (Wildman–Crippen LogP) is 1.25. The van der Waals surface area contributed by atoms with E-state index in [0.717, 1.165) is 0 Å². The van der Waals surface area contributed by atoms with Crippen molar-refractivity contribution in [3.8, 4) is 5.75 Å². The number of aromatic hydroxyl groups is 1. The monoisotopic (exact) mass is 240 g/mol. The molecule has 0 spiro atoms. The van der Waals surface area contributed by atoms with Gasteiger partial charge in [0.05, 0.1) is 0 Å². The van der Waals surface area contributed by atoms with Crippen molar-refractivity contribution in [2.75, 3.05) is 19.2 Å². The number of phenolic OH excluding ortho intramolecular Hbond substituents is 1. The number of carbonyl (C=O) groups excluding carboxylic acids is 2. The number of rotatable bonds is 3. The topological polar surface area (TPSA) is 96.9 Å². The molecule has 7 heteroatoms. The van der Waals surface area contributed by atoms with Gasteiger partial charge in [-0.25, -0.2) is 9.59 Å². The van der Waals surface area contributed by atoms with E-state index in [1.807, 2.05) is 0 Å². The molecule has 2 amide bonds. The normalized spacial score (nSPS) is 9.24. The predicted molar refractivity (Wildman–Crippen MR) is 58.6 cm³/mol. The van der Waals surface area contributed by atoms with Crippen molar-refractivity contribution < 1.29 is 24.2 Å². The smallest absolute Gasteiger partial charge is 0.414 e. The van der Waals surface area contributed by atoms with E-state index < -0.39 is 19.0 Å². The van der Waals surface area contributed by atoms with Gasteiger partial charge in [0.25, 0.3) is 0 Å². The van der Waals surface area contributed by atoms with Gasteiger partial charge in [-0.2, -0.15) is 0 Å². The Bertz CT molecular complexity index is 390. The lowest BCUT2D eigenvalue weighted by atomic mass is 10.3. The molecule has 3 N–H and O–H groups in total. The molecule has 0 bridgehead atoms. The third-order valence-electron chi connectivity index (χ3n) is 1.70. The van der Waals surface area contributed by atoms with Gasteiger partial charge in [0.15, 0.2) is 0 Å². The van der Waals surface area contributed by atoms with E-state index in [1.165, 1.54) is 31.3 Å². The van der Waals surface area contributed by atoms with Crippen LogP contribution in [0.5, 0.6) is 5.75 Å². The SMILES string of the molecule is CNC(=O)OCOC(=O)Nc1ccc(O)cc1. The molecule has 0 aromatic heterocycles. The Balaban J connectivity index is 2.30. The van der Waals surface area contributed by atoms with Crippen molar-refractivity contribution in [1.29, 1.82) is 0 Å². The number of ether oxygens (including phenoxy) is 2. The molecular weight excluding hydrogens is 228 g/mol. The molecule has 0 aliphatic carbocycles. The third-order valence-corrected chi connectivity index (χ3v) is 1.70. The summed E-state index contributed by atoms with van der Waals surface area (Å²) >= 11 is 0. The number of nitrogens with one attached hydrogen (secondary N) is 2. The second-order valence-corrected chi connectivity index (χ2v) is 2.90. The maximum atomic E-state index is 11.2. The van der Waals surface area contributed by atoms with E-state index in [-0.39, 0.29) is 5.75 Å². The lowest BCUT2D eigenvalue weighted by Crippen LogP contribution is -2.23. The highest BCUT2D eigenvalue weighted by Gasteiger charge is 2.04. The minimum Gasteiger partial charge on any atom is -0.508 e. The van der Waals surface area contributed by atoms with Gasteiger partial charge in [-0.3, -0.25) is 5.32 Å². The highest BCUT2D eigenvalue weighted by molar-refractivity contribution is 5.84. The molecule has 0 fully saturated rings. The molecule has 0 radical (unpaired) electrons. The fourth-order valence-electron chi connectivity index (χ4n) is 0.907. The van der Waals surface area contributed by atoms with Crippen LogP contribution in [0.1, 0.15) is 0 Å². The van der Waals surface area contributed by atoms with Crippen LogP contribution in [-0.2, 0) is 9.47 Å². The van der Waals surface area contributed by atoms with Crippen LogP contribution in [0.4, 0.5) is 15.3 Å². The summed E-state index contributed by atoms with van der Waals surface area (Å²) in [6, 6.07) is 5.82. The summed E-state index contributed by atoms with van der Waals surface area (Å²) in [6.07, 6.45) is -1.46. The lowest BCUT2D eigenvalue weighted by Gasteiger charge is -2.07. The summed E-state index contributed by atoms with van der Waals surface area (Å²) in [6.45, 7) is -0.483. The lowest BCUT2D eigenvalue weighted by molar-refractivity contribution is 0.0313. The van der Waals surface area contributed by atoms with Crippen molar-refractivity contribution in [3.63, 3.8) is 0 Å². The van der Waals surface area contributed by atoms with Gasteiger partial charge in [-0.15, -0.1) is 0 Å². The van der Waals surface area contributed by atoms with Crippen molar-refractivity contribution >= 4 is 17.9 Å². The zero-order chi connectivity index (χ0) is 12.7. The van der Waals surface area contributed by atoms with Crippen LogP contribution in [0.25, 0.3) is 0 Å². The Labute approximate surface area is 97.3 Å². The summed E-state index contributed by atoms with van der Waals surface area (Å²) in [7, 11) is 1.39. The van der Waals surface area contributed by atoms with Crippen molar-refractivity contribution in [3.05, 3.63) is 24.3 Å². The van der Waals surface area contributed by atoms with Gasteiger partial charge >= 0.3 is 12.2 Å². The van der Waals surface area contributed by atoms with Crippen LogP contribution in [-0.4, -0.2) is 31.1 Å². The molecule has 0 saturated carbocycles. The molecule has 0 unspecified atom stereocenters. The van der Waals surface area contributed by atoms with Gasteiger partial charge in [-0.1, -0.05) is 0 Å². The van der Waals surface area contributed by atoms with E-state index in [4.69, 9.17) is 5.11 Å². The van der Waals surface area contributed by atoms with Crippen molar-refractivity contribution in [2.24, 2.45) is 0 Å². The second kappa shape index (κ2) is 6.21. The standard InChI is InChI=1S/C10H12N2O5/c1-11-9(14)16-6-17-10(15)12-7-2-4-8(13)5-3-7/h2-5,13H,6H2,1H3,(H,11,14)(H,12,15). The number of benzene rings is 1. The molecule has 0 atom stereocenters. The van der Waals surface area contributed by atoms with Gasteiger partial charge in [0, 0.05) is 12.7 Å². The molecule has 0 heterocycles. The summed E-state index contributed by atoms with van der Waals surface area (Å²) < 4.78 is 9.00. The third kappa shape index (κ3) is 4.74. The Morgan fingerprint density at radius 2 is 1.76 bits per heavy atom. The molecule has 0 aliphatic rings. The quantitative estimate of drug-likeness (QED) is 0.545. The van der Waals surface area contributed by atoms with Crippen LogP contribution in [0.3, 0.4) is 0 Å². The first-order chi connectivity index (χ1) is 8.11. The Morgan fingerprint density at radius 1 is 1.18 bits per heavy atom. The minimum atomic E-state index is -0.764. The average molecular weight is 240 g/mol.